The molecule has 2 amide bonds. The number of nitrogens with zero attached hydrogens (tertiary/aromatic N) is 2. The van der Waals surface area contributed by atoms with E-state index < -0.39 is 0 Å². The summed E-state index contributed by atoms with van der Waals surface area (Å²) in [5.41, 5.74) is 8.38. The Morgan fingerprint density at radius 2 is 2.00 bits per heavy atom. The number of quaternary nitrogens is 2. The zero-order valence-corrected chi connectivity index (χ0v) is 12.5. The molecule has 0 spiro atoms. The second kappa shape index (κ2) is 4.57. The summed E-state index contributed by atoms with van der Waals surface area (Å²) in [4.78, 5) is 11.8. The Morgan fingerprint density at radius 3 is 2.55 bits per heavy atom. The summed E-state index contributed by atoms with van der Waals surface area (Å²) in [7, 11) is 0. The van der Waals surface area contributed by atoms with E-state index >= 15 is 0 Å². The van der Waals surface area contributed by atoms with Gasteiger partial charge in [0.15, 0.2) is 0 Å². The van der Waals surface area contributed by atoms with Gasteiger partial charge in [0.2, 0.25) is 0 Å². The number of piperazine rings is 3. The van der Waals surface area contributed by atoms with Crippen LogP contribution in [0.25, 0.3) is 0 Å². The van der Waals surface area contributed by atoms with E-state index in [4.69, 9.17) is 5.73 Å². The fraction of sp³-hybridized carbons (Fsp3) is 0.562. The lowest BCUT2D eigenvalue weighted by Gasteiger charge is -2.56. The van der Waals surface area contributed by atoms with Crippen LogP contribution in [0.5, 0.6) is 0 Å². The van der Waals surface area contributed by atoms with E-state index in [2.05, 4.69) is 38.1 Å². The Labute approximate surface area is 121 Å². The summed E-state index contributed by atoms with van der Waals surface area (Å²) in [6, 6.07) is 9.18. The van der Waals surface area contributed by atoms with Crippen LogP contribution in [0.1, 0.15) is 18.1 Å². The molecular weight excluding hydrogens is 250 g/mol. The molecule has 0 radical (unpaired) electrons. The lowest BCUT2D eigenvalue weighted by atomic mass is 9.98. The minimum atomic E-state index is -0.134. The summed E-state index contributed by atoms with van der Waals surface area (Å²) < 4.78 is 1.63. The van der Waals surface area contributed by atoms with Gasteiger partial charge in [0, 0.05) is 5.56 Å². The van der Waals surface area contributed by atoms with E-state index in [0.717, 1.165) is 43.8 Å². The Balaban J connectivity index is 1.83. The number of hydrogen-bond donors (Lipinski definition) is 1. The van der Waals surface area contributed by atoms with Gasteiger partial charge in [-0.15, -0.1) is 0 Å². The highest BCUT2D eigenvalue weighted by molar-refractivity contribution is 5.64. The van der Waals surface area contributed by atoms with Crippen molar-refractivity contribution in [1.82, 2.24) is 0 Å². The molecule has 2 N–H and O–H groups in total. The minimum Gasteiger partial charge on any atom is -0.319 e. The van der Waals surface area contributed by atoms with Gasteiger partial charge in [-0.3, -0.25) is 0 Å². The third-order valence-electron chi connectivity index (χ3n) is 5.54. The van der Waals surface area contributed by atoms with Gasteiger partial charge in [0.05, 0.1) is 0 Å². The molecule has 4 heteroatoms. The zero-order chi connectivity index (χ0) is 14.4. The molecule has 4 nitrogen and oxygen atoms in total. The average Bonchev–Trinajstić information content (AvgIpc) is 2.40. The number of urea groups is 1. The number of nitrogens with two attached hydrogens (primary N) is 1. The molecule has 0 saturated carbocycles. The van der Waals surface area contributed by atoms with E-state index in [0.29, 0.717) is 10.5 Å². The van der Waals surface area contributed by atoms with Crippen molar-refractivity contribution in [2.24, 2.45) is 5.73 Å². The first-order valence-electron chi connectivity index (χ1n) is 7.53. The number of carbonyl (C=O) groups is 1. The number of primary amides is 1. The number of amides is 2. The molecule has 4 rings (SSSR count). The van der Waals surface area contributed by atoms with Crippen molar-refractivity contribution in [3.8, 4) is 0 Å². The van der Waals surface area contributed by atoms with Crippen LogP contribution in [0.3, 0.4) is 0 Å². The third kappa shape index (κ3) is 2.03. The van der Waals surface area contributed by atoms with Crippen LogP contribution in [0.2, 0.25) is 0 Å². The Kier molecular flexibility index (Phi) is 3.10. The van der Waals surface area contributed by atoms with Crippen molar-refractivity contribution >= 4 is 6.03 Å². The maximum absolute atomic E-state index is 11.8. The van der Waals surface area contributed by atoms with Crippen LogP contribution in [0, 0.1) is 6.92 Å². The molecule has 108 valence electrons. The lowest BCUT2D eigenvalue weighted by molar-refractivity contribution is -1.07. The van der Waals surface area contributed by atoms with Gasteiger partial charge in [-0.05, 0) is 13.8 Å². The molecule has 3 fully saturated rings. The second-order valence-corrected chi connectivity index (χ2v) is 6.78. The number of hydrogen-bond acceptors (Lipinski definition) is 1. The smallest absolute Gasteiger partial charge is 0.319 e. The zero-order valence-electron chi connectivity index (χ0n) is 12.5. The molecule has 3 aliphatic rings. The van der Waals surface area contributed by atoms with Crippen LogP contribution >= 0.6 is 0 Å². The Hall–Kier alpha value is -1.39. The standard InChI is InChI=1S/C16H24N3O/c1-13-4-3-5-15(10-13)12-18-6-8-19(9-7-18,16(17)20)11-14(18)2/h3-5,10,14H,6-9,11-12H2,1-2H3,(H-,17,20)/q+1/p+1. The molecule has 20 heavy (non-hydrogen) atoms. The van der Waals surface area contributed by atoms with Crippen LogP contribution in [0.4, 0.5) is 4.79 Å². The van der Waals surface area contributed by atoms with E-state index in [1.165, 1.54) is 11.1 Å². The molecule has 1 unspecified atom stereocenters. The number of aryl methyl sites for hydroxylation is 1. The number of rotatable bonds is 2. The highest BCUT2D eigenvalue weighted by Crippen LogP contribution is 2.33. The maximum atomic E-state index is 11.8. The molecule has 3 aliphatic heterocycles. The van der Waals surface area contributed by atoms with Crippen molar-refractivity contribution in [3.05, 3.63) is 35.4 Å². The van der Waals surface area contributed by atoms with E-state index in [1.807, 2.05) is 0 Å². The predicted octanol–water partition coefficient (Wildman–Crippen LogP) is 1.62. The molecule has 3 heterocycles. The fourth-order valence-electron chi connectivity index (χ4n) is 4.11. The molecule has 1 aromatic rings. The van der Waals surface area contributed by atoms with Crippen LogP contribution in [-0.4, -0.2) is 53.8 Å². The average molecular weight is 275 g/mol. The van der Waals surface area contributed by atoms with Gasteiger partial charge in [-0.25, -0.2) is 9.28 Å². The minimum absolute atomic E-state index is 0.134. The summed E-state index contributed by atoms with van der Waals surface area (Å²) in [5, 5.41) is 0. The van der Waals surface area contributed by atoms with Crippen molar-refractivity contribution in [3.63, 3.8) is 0 Å². The van der Waals surface area contributed by atoms with Gasteiger partial charge in [0.25, 0.3) is 0 Å². The molecule has 3 saturated heterocycles. The predicted molar refractivity (Wildman–Crippen MR) is 78.8 cm³/mol. The highest BCUT2D eigenvalue weighted by Gasteiger charge is 2.56. The normalized spacial score (nSPS) is 36.0. The first-order chi connectivity index (χ1) is 9.46. The monoisotopic (exact) mass is 275 g/mol. The summed E-state index contributed by atoms with van der Waals surface area (Å²) in [6.45, 7) is 10.4. The van der Waals surface area contributed by atoms with Crippen molar-refractivity contribution in [2.45, 2.75) is 26.4 Å². The van der Waals surface area contributed by atoms with Crippen LogP contribution in [-0.2, 0) is 6.54 Å². The molecule has 0 aromatic heterocycles. The molecular formula is C16H25N3O+2. The quantitative estimate of drug-likeness (QED) is 0.819. The maximum Gasteiger partial charge on any atom is 0.414 e. The van der Waals surface area contributed by atoms with Crippen molar-refractivity contribution < 1.29 is 13.8 Å². The first-order valence-corrected chi connectivity index (χ1v) is 7.53. The summed E-state index contributed by atoms with van der Waals surface area (Å²) in [5.74, 6) is 0. The number of carbonyl (C=O) groups excluding carboxylic acids is 1. The molecule has 2 bridgehead atoms. The molecule has 1 aromatic carbocycles. The molecule has 0 aliphatic carbocycles. The van der Waals surface area contributed by atoms with Gasteiger partial charge < -0.3 is 10.2 Å². The Bertz CT molecular complexity index is 532. The fourth-order valence-corrected chi connectivity index (χ4v) is 4.11. The lowest BCUT2D eigenvalue weighted by Crippen LogP contribution is -2.79. The van der Waals surface area contributed by atoms with Gasteiger partial charge in [0.1, 0.15) is 45.3 Å². The topological polar surface area (TPSA) is 43.1 Å². The highest BCUT2D eigenvalue weighted by atomic mass is 16.2. The molecule has 1 atom stereocenters. The van der Waals surface area contributed by atoms with Crippen LogP contribution < -0.4 is 5.73 Å². The third-order valence-corrected chi connectivity index (χ3v) is 5.54. The van der Waals surface area contributed by atoms with Gasteiger partial charge in [-0.1, -0.05) is 29.8 Å². The van der Waals surface area contributed by atoms with Crippen LogP contribution in [0.15, 0.2) is 24.3 Å². The van der Waals surface area contributed by atoms with E-state index in [1.54, 1.807) is 0 Å². The first kappa shape index (κ1) is 13.6. The largest absolute Gasteiger partial charge is 0.414 e. The van der Waals surface area contributed by atoms with E-state index in [9.17, 15) is 4.79 Å². The van der Waals surface area contributed by atoms with Crippen molar-refractivity contribution in [2.75, 3.05) is 32.7 Å². The second-order valence-electron chi connectivity index (χ2n) is 6.78. The SMILES string of the molecule is Cc1cccc(C[N+]23CC[N+](C(N)=O)(CC2)CC3C)c1. The number of benzene rings is 1. The van der Waals surface area contributed by atoms with Gasteiger partial charge in [-0.2, -0.15) is 0 Å². The summed E-state index contributed by atoms with van der Waals surface area (Å²) >= 11 is 0. The number of fused-ring (bicyclic) bond motifs is 3. The summed E-state index contributed by atoms with van der Waals surface area (Å²) in [6.07, 6.45) is 0. The van der Waals surface area contributed by atoms with Gasteiger partial charge >= 0.3 is 6.03 Å². The van der Waals surface area contributed by atoms with E-state index in [-0.39, 0.29) is 6.03 Å². The van der Waals surface area contributed by atoms with Crippen molar-refractivity contribution in [1.29, 1.82) is 0 Å². The Morgan fingerprint density at radius 1 is 1.30 bits per heavy atom.